The average Bonchev–Trinajstić information content (AvgIpc) is 2.28. The summed E-state index contributed by atoms with van der Waals surface area (Å²) in [5.41, 5.74) is 2.58. The van der Waals surface area contributed by atoms with Gasteiger partial charge in [0.25, 0.3) is 0 Å². The molecular weight excluding hydrogens is 278 g/mol. The van der Waals surface area contributed by atoms with Gasteiger partial charge in [-0.3, -0.25) is 0 Å². The summed E-state index contributed by atoms with van der Waals surface area (Å²) in [6.45, 7) is 5.34. The van der Waals surface area contributed by atoms with Gasteiger partial charge >= 0.3 is 0 Å². The lowest BCUT2D eigenvalue weighted by molar-refractivity contribution is 0.412. The number of rotatable bonds is 5. The number of halogens is 1. The Balaban J connectivity index is 2.99. The summed E-state index contributed by atoms with van der Waals surface area (Å²) < 4.78 is 6.21. The molecule has 0 amide bonds. The van der Waals surface area contributed by atoms with E-state index in [1.165, 1.54) is 11.1 Å². The van der Waals surface area contributed by atoms with E-state index in [1.54, 1.807) is 7.11 Å². The molecule has 1 aromatic carbocycles. The maximum Gasteiger partial charge on any atom is 0.133 e. The van der Waals surface area contributed by atoms with Gasteiger partial charge in [0.2, 0.25) is 0 Å². The maximum absolute atomic E-state index is 5.22. The van der Waals surface area contributed by atoms with Crippen molar-refractivity contribution in [1.29, 1.82) is 0 Å². The molecular formula is C14H20BrNO. The molecule has 3 heteroatoms. The molecule has 0 aliphatic carbocycles. The molecule has 1 rings (SSSR count). The monoisotopic (exact) mass is 297 g/mol. The predicted octanol–water partition coefficient (Wildman–Crippen LogP) is 3.72. The minimum atomic E-state index is 0.545. The summed E-state index contributed by atoms with van der Waals surface area (Å²) in [5.74, 6) is 1.41. The molecule has 17 heavy (non-hydrogen) atoms. The molecule has 0 saturated heterocycles. The highest BCUT2D eigenvalue weighted by Gasteiger charge is 2.04. The lowest BCUT2D eigenvalue weighted by Gasteiger charge is -2.11. The van der Waals surface area contributed by atoms with Crippen LogP contribution in [0.1, 0.15) is 19.4 Å². The van der Waals surface area contributed by atoms with Crippen molar-refractivity contribution in [3.8, 4) is 5.75 Å². The van der Waals surface area contributed by atoms with Crippen molar-refractivity contribution in [1.82, 2.24) is 5.32 Å². The number of hydrogen-bond donors (Lipinski definition) is 1. The van der Waals surface area contributed by atoms with Gasteiger partial charge in [0.15, 0.2) is 0 Å². The topological polar surface area (TPSA) is 21.3 Å². The van der Waals surface area contributed by atoms with Crippen molar-refractivity contribution >= 4 is 22.0 Å². The van der Waals surface area contributed by atoms with E-state index in [1.807, 2.05) is 13.1 Å². The molecule has 1 aromatic rings. The molecule has 0 unspecified atom stereocenters. The zero-order chi connectivity index (χ0) is 12.8. The Morgan fingerprint density at radius 3 is 2.65 bits per heavy atom. The molecule has 2 nitrogen and oxygen atoms in total. The van der Waals surface area contributed by atoms with Crippen LogP contribution in [0.25, 0.3) is 6.08 Å². The quantitative estimate of drug-likeness (QED) is 0.894. The van der Waals surface area contributed by atoms with Crippen LogP contribution in [0, 0.1) is 5.92 Å². The number of likely N-dealkylation sites (N-methyl/N-ethyl adjacent to an activating group) is 1. The van der Waals surface area contributed by atoms with Gasteiger partial charge in [-0.1, -0.05) is 31.6 Å². The van der Waals surface area contributed by atoms with E-state index in [0.717, 1.165) is 16.8 Å². The largest absolute Gasteiger partial charge is 0.496 e. The smallest absolute Gasteiger partial charge is 0.133 e. The fourth-order valence-electron chi connectivity index (χ4n) is 1.61. The SMILES string of the molecule is CNCC(=Cc1ccc(OC)c(Br)c1)C(C)C. The Bertz CT molecular complexity index is 399. The number of nitrogens with one attached hydrogen (secondary N) is 1. The Morgan fingerprint density at radius 2 is 2.18 bits per heavy atom. The molecule has 0 spiro atoms. The van der Waals surface area contributed by atoms with Gasteiger partial charge in [0.05, 0.1) is 11.6 Å². The van der Waals surface area contributed by atoms with Gasteiger partial charge in [-0.2, -0.15) is 0 Å². The van der Waals surface area contributed by atoms with Crippen molar-refractivity contribution in [2.24, 2.45) is 5.92 Å². The molecule has 0 bridgehead atoms. The average molecular weight is 298 g/mol. The second-order valence-electron chi connectivity index (χ2n) is 4.30. The van der Waals surface area contributed by atoms with Crippen LogP contribution in [0.2, 0.25) is 0 Å². The van der Waals surface area contributed by atoms with Crippen molar-refractivity contribution in [3.63, 3.8) is 0 Å². The molecule has 0 aromatic heterocycles. The van der Waals surface area contributed by atoms with E-state index < -0.39 is 0 Å². The maximum atomic E-state index is 5.22. The van der Waals surface area contributed by atoms with E-state index in [-0.39, 0.29) is 0 Å². The van der Waals surface area contributed by atoms with Gasteiger partial charge < -0.3 is 10.1 Å². The summed E-state index contributed by atoms with van der Waals surface area (Å²) >= 11 is 3.50. The van der Waals surface area contributed by atoms with Crippen LogP contribution in [0.5, 0.6) is 5.75 Å². The van der Waals surface area contributed by atoms with Crippen molar-refractivity contribution in [3.05, 3.63) is 33.8 Å². The standard InChI is InChI=1S/C14H20BrNO/c1-10(2)12(9-16-3)7-11-5-6-14(17-4)13(15)8-11/h5-8,10,16H,9H2,1-4H3. The van der Waals surface area contributed by atoms with Crippen LogP contribution in [-0.4, -0.2) is 20.7 Å². The third kappa shape index (κ3) is 4.17. The van der Waals surface area contributed by atoms with Gasteiger partial charge in [0.1, 0.15) is 5.75 Å². The summed E-state index contributed by atoms with van der Waals surface area (Å²) in [6.07, 6.45) is 2.23. The van der Waals surface area contributed by atoms with Gasteiger partial charge in [0, 0.05) is 6.54 Å². The second kappa shape index (κ2) is 6.82. The Hall–Kier alpha value is -0.800. The predicted molar refractivity (Wildman–Crippen MR) is 77.4 cm³/mol. The molecule has 1 N–H and O–H groups in total. The highest BCUT2D eigenvalue weighted by Crippen LogP contribution is 2.27. The van der Waals surface area contributed by atoms with Crippen LogP contribution >= 0.6 is 15.9 Å². The third-order valence-electron chi connectivity index (χ3n) is 2.65. The van der Waals surface area contributed by atoms with Gasteiger partial charge in [-0.15, -0.1) is 0 Å². The lowest BCUT2D eigenvalue weighted by atomic mass is 10.0. The normalized spacial score (nSPS) is 12.0. The number of benzene rings is 1. The summed E-state index contributed by atoms with van der Waals surface area (Å²) in [6, 6.07) is 6.13. The zero-order valence-electron chi connectivity index (χ0n) is 10.9. The van der Waals surface area contributed by atoms with Crippen LogP contribution < -0.4 is 10.1 Å². The van der Waals surface area contributed by atoms with E-state index in [4.69, 9.17) is 4.74 Å². The first kappa shape index (κ1) is 14.3. The number of ether oxygens (including phenoxy) is 1. The Kier molecular flexibility index (Phi) is 5.72. The summed E-state index contributed by atoms with van der Waals surface area (Å²) in [5, 5.41) is 3.20. The third-order valence-corrected chi connectivity index (χ3v) is 3.27. The molecule has 0 atom stereocenters. The van der Waals surface area contributed by atoms with Crippen LogP contribution in [0.15, 0.2) is 28.2 Å². The zero-order valence-corrected chi connectivity index (χ0v) is 12.5. The van der Waals surface area contributed by atoms with Crippen molar-refractivity contribution < 1.29 is 4.74 Å². The number of methoxy groups -OCH3 is 1. The lowest BCUT2D eigenvalue weighted by Crippen LogP contribution is -2.13. The molecule has 0 fully saturated rings. The minimum Gasteiger partial charge on any atom is -0.496 e. The molecule has 0 saturated carbocycles. The highest BCUT2D eigenvalue weighted by molar-refractivity contribution is 9.10. The van der Waals surface area contributed by atoms with E-state index in [0.29, 0.717) is 5.92 Å². The van der Waals surface area contributed by atoms with Gasteiger partial charge in [-0.05, 0) is 46.6 Å². The molecule has 94 valence electrons. The summed E-state index contributed by atoms with van der Waals surface area (Å²) in [4.78, 5) is 0. The Labute approximate surface area is 112 Å². The van der Waals surface area contributed by atoms with Crippen molar-refractivity contribution in [2.75, 3.05) is 20.7 Å². The first-order valence-electron chi connectivity index (χ1n) is 5.77. The van der Waals surface area contributed by atoms with E-state index >= 15 is 0 Å². The van der Waals surface area contributed by atoms with E-state index in [2.05, 4.69) is 53.3 Å². The minimum absolute atomic E-state index is 0.545. The second-order valence-corrected chi connectivity index (χ2v) is 5.15. The fraction of sp³-hybridized carbons (Fsp3) is 0.429. The van der Waals surface area contributed by atoms with Crippen molar-refractivity contribution in [2.45, 2.75) is 13.8 Å². The highest BCUT2D eigenvalue weighted by atomic mass is 79.9. The van der Waals surface area contributed by atoms with Gasteiger partial charge in [-0.25, -0.2) is 0 Å². The van der Waals surface area contributed by atoms with Crippen LogP contribution in [0.4, 0.5) is 0 Å². The first-order chi connectivity index (χ1) is 8.08. The molecule has 0 aliphatic rings. The van der Waals surface area contributed by atoms with E-state index in [9.17, 15) is 0 Å². The fourth-order valence-corrected chi connectivity index (χ4v) is 2.17. The first-order valence-corrected chi connectivity index (χ1v) is 6.56. The van der Waals surface area contributed by atoms with Crippen LogP contribution in [0.3, 0.4) is 0 Å². The Morgan fingerprint density at radius 1 is 1.47 bits per heavy atom. The molecule has 0 heterocycles. The number of hydrogen-bond acceptors (Lipinski definition) is 2. The summed E-state index contributed by atoms with van der Waals surface area (Å²) in [7, 11) is 3.65. The molecule has 0 radical (unpaired) electrons. The molecule has 0 aliphatic heterocycles. The van der Waals surface area contributed by atoms with Crippen LogP contribution in [-0.2, 0) is 0 Å².